The summed E-state index contributed by atoms with van der Waals surface area (Å²) in [5.74, 6) is 0.165. The summed E-state index contributed by atoms with van der Waals surface area (Å²) >= 11 is 1.55. The standard InChI is InChI=1S/C18H19N3O3S/c1-2-7-20-8-5-18(17(20)23)12-21(16(22)14-4-3-9-24-14)11-13(18)15-19-6-10-25-15/h2-4,6,9-10,13H,1,5,7-8,11-12H2/t13-,18+/m0/s1. The van der Waals surface area contributed by atoms with Crippen molar-refractivity contribution in [2.75, 3.05) is 26.2 Å². The van der Waals surface area contributed by atoms with Crippen molar-refractivity contribution in [3.8, 4) is 0 Å². The van der Waals surface area contributed by atoms with Gasteiger partial charge in [0.25, 0.3) is 5.91 Å². The normalized spacial score (nSPS) is 25.9. The average molecular weight is 357 g/mol. The number of carbonyl (C=O) groups is 2. The number of carbonyl (C=O) groups excluding carboxylic acids is 2. The molecule has 0 radical (unpaired) electrons. The predicted octanol–water partition coefficient (Wildman–Crippen LogP) is 2.38. The van der Waals surface area contributed by atoms with Crippen LogP contribution in [-0.4, -0.2) is 52.8 Å². The fourth-order valence-corrected chi connectivity index (χ4v) is 4.85. The van der Waals surface area contributed by atoms with Crippen LogP contribution in [-0.2, 0) is 4.79 Å². The van der Waals surface area contributed by atoms with Gasteiger partial charge in [-0.25, -0.2) is 4.98 Å². The Balaban J connectivity index is 1.68. The summed E-state index contributed by atoms with van der Waals surface area (Å²) in [5.41, 5.74) is -0.594. The SMILES string of the molecule is C=CCN1CC[C@]2(CN(C(=O)c3ccco3)C[C@H]2c2nccs2)C1=O. The fraction of sp³-hybridized carbons (Fsp3) is 0.389. The minimum absolute atomic E-state index is 0.0753. The number of hydrogen-bond acceptors (Lipinski definition) is 5. The van der Waals surface area contributed by atoms with Crippen molar-refractivity contribution >= 4 is 23.2 Å². The second-order valence-electron chi connectivity index (χ2n) is 6.53. The zero-order valence-corrected chi connectivity index (χ0v) is 14.6. The van der Waals surface area contributed by atoms with Crippen LogP contribution in [0.25, 0.3) is 0 Å². The zero-order chi connectivity index (χ0) is 17.4. The fourth-order valence-electron chi connectivity index (χ4n) is 4.00. The first kappa shape index (κ1) is 16.1. The van der Waals surface area contributed by atoms with Gasteiger partial charge in [-0.15, -0.1) is 17.9 Å². The smallest absolute Gasteiger partial charge is 0.289 e. The lowest BCUT2D eigenvalue weighted by Gasteiger charge is -2.27. The van der Waals surface area contributed by atoms with E-state index in [0.29, 0.717) is 31.9 Å². The molecule has 7 heteroatoms. The Morgan fingerprint density at radius 1 is 1.56 bits per heavy atom. The summed E-state index contributed by atoms with van der Waals surface area (Å²) in [6.45, 7) is 5.86. The number of thiazole rings is 1. The van der Waals surface area contributed by atoms with E-state index in [2.05, 4.69) is 11.6 Å². The molecule has 2 atom stereocenters. The predicted molar refractivity (Wildman–Crippen MR) is 93.3 cm³/mol. The molecule has 1 spiro atoms. The van der Waals surface area contributed by atoms with Gasteiger partial charge in [-0.05, 0) is 18.6 Å². The van der Waals surface area contributed by atoms with Crippen molar-refractivity contribution in [2.45, 2.75) is 12.3 Å². The third kappa shape index (κ3) is 2.50. The number of rotatable bonds is 4. The lowest BCUT2D eigenvalue weighted by molar-refractivity contribution is -0.135. The molecule has 6 nitrogen and oxygen atoms in total. The van der Waals surface area contributed by atoms with Crippen molar-refractivity contribution < 1.29 is 14.0 Å². The minimum atomic E-state index is -0.594. The van der Waals surface area contributed by atoms with E-state index < -0.39 is 5.41 Å². The molecule has 2 aliphatic heterocycles. The second-order valence-corrected chi connectivity index (χ2v) is 7.46. The Labute approximate surface area is 149 Å². The van der Waals surface area contributed by atoms with Crippen LogP contribution >= 0.6 is 11.3 Å². The number of hydrogen-bond donors (Lipinski definition) is 0. The number of aromatic nitrogens is 1. The molecule has 0 bridgehead atoms. The van der Waals surface area contributed by atoms with Gasteiger partial charge in [-0.2, -0.15) is 0 Å². The first-order chi connectivity index (χ1) is 12.2. The highest BCUT2D eigenvalue weighted by atomic mass is 32.1. The Hall–Kier alpha value is -2.41. The minimum Gasteiger partial charge on any atom is -0.459 e. The summed E-state index contributed by atoms with van der Waals surface area (Å²) < 4.78 is 5.26. The molecule has 0 N–H and O–H groups in total. The quantitative estimate of drug-likeness (QED) is 0.788. The van der Waals surface area contributed by atoms with Gasteiger partial charge in [0.05, 0.1) is 16.7 Å². The molecule has 2 aliphatic rings. The maximum Gasteiger partial charge on any atom is 0.289 e. The Morgan fingerprint density at radius 3 is 3.12 bits per heavy atom. The largest absolute Gasteiger partial charge is 0.459 e. The van der Waals surface area contributed by atoms with Crippen molar-refractivity contribution in [3.63, 3.8) is 0 Å². The van der Waals surface area contributed by atoms with Gasteiger partial charge in [-0.3, -0.25) is 9.59 Å². The topological polar surface area (TPSA) is 66.7 Å². The summed E-state index contributed by atoms with van der Waals surface area (Å²) in [5, 5.41) is 2.84. The van der Waals surface area contributed by atoms with Gasteiger partial charge in [-0.1, -0.05) is 6.08 Å². The van der Waals surface area contributed by atoms with Crippen molar-refractivity contribution in [3.05, 3.63) is 53.4 Å². The molecule has 0 aromatic carbocycles. The molecule has 2 aromatic heterocycles. The zero-order valence-electron chi connectivity index (χ0n) is 13.8. The number of amides is 2. The van der Waals surface area contributed by atoms with Crippen LogP contribution in [0, 0.1) is 5.41 Å². The van der Waals surface area contributed by atoms with E-state index in [1.54, 1.807) is 40.6 Å². The van der Waals surface area contributed by atoms with Gasteiger partial charge >= 0.3 is 0 Å². The molecule has 0 aliphatic carbocycles. The van der Waals surface area contributed by atoms with Crippen LogP contribution in [0.5, 0.6) is 0 Å². The van der Waals surface area contributed by atoms with Gasteiger partial charge in [0.1, 0.15) is 0 Å². The van der Waals surface area contributed by atoms with E-state index in [1.165, 1.54) is 6.26 Å². The molecule has 2 aromatic rings. The summed E-state index contributed by atoms with van der Waals surface area (Å²) in [7, 11) is 0. The maximum absolute atomic E-state index is 13.2. The molecule has 4 heterocycles. The van der Waals surface area contributed by atoms with Crippen molar-refractivity contribution in [1.82, 2.24) is 14.8 Å². The van der Waals surface area contributed by atoms with E-state index in [-0.39, 0.29) is 17.7 Å². The van der Waals surface area contributed by atoms with Crippen LogP contribution in [0.2, 0.25) is 0 Å². The molecule has 25 heavy (non-hydrogen) atoms. The molecular weight excluding hydrogens is 338 g/mol. The van der Waals surface area contributed by atoms with Crippen molar-refractivity contribution in [2.24, 2.45) is 5.41 Å². The first-order valence-corrected chi connectivity index (χ1v) is 9.16. The summed E-state index contributed by atoms with van der Waals surface area (Å²) in [4.78, 5) is 33.9. The van der Waals surface area contributed by atoms with E-state index >= 15 is 0 Å². The molecule has 0 saturated carbocycles. The lowest BCUT2D eigenvalue weighted by atomic mass is 9.77. The summed E-state index contributed by atoms with van der Waals surface area (Å²) in [6.07, 6.45) is 5.72. The van der Waals surface area contributed by atoms with E-state index in [4.69, 9.17) is 4.42 Å². The monoisotopic (exact) mass is 357 g/mol. The maximum atomic E-state index is 13.2. The molecular formula is C18H19N3O3S. The molecule has 2 saturated heterocycles. The van der Waals surface area contributed by atoms with Gasteiger partial charge in [0.15, 0.2) is 5.76 Å². The Kier molecular flexibility index (Phi) is 3.95. The first-order valence-electron chi connectivity index (χ1n) is 8.28. The molecule has 2 amide bonds. The van der Waals surface area contributed by atoms with Crippen LogP contribution in [0.3, 0.4) is 0 Å². The van der Waals surface area contributed by atoms with Crippen LogP contribution in [0.4, 0.5) is 0 Å². The van der Waals surface area contributed by atoms with Crippen LogP contribution < -0.4 is 0 Å². The second kappa shape index (κ2) is 6.15. The lowest BCUT2D eigenvalue weighted by Crippen LogP contribution is -2.40. The van der Waals surface area contributed by atoms with E-state index in [0.717, 1.165) is 11.4 Å². The van der Waals surface area contributed by atoms with Crippen LogP contribution in [0.1, 0.15) is 27.9 Å². The highest BCUT2D eigenvalue weighted by molar-refractivity contribution is 7.09. The number of likely N-dealkylation sites (tertiary alicyclic amines) is 2. The highest BCUT2D eigenvalue weighted by Gasteiger charge is 2.58. The third-order valence-corrected chi connectivity index (χ3v) is 6.09. The summed E-state index contributed by atoms with van der Waals surface area (Å²) in [6, 6.07) is 3.36. The van der Waals surface area contributed by atoms with Crippen molar-refractivity contribution in [1.29, 1.82) is 0 Å². The molecule has 2 fully saturated rings. The molecule has 130 valence electrons. The third-order valence-electron chi connectivity index (χ3n) is 5.20. The van der Waals surface area contributed by atoms with E-state index in [1.807, 2.05) is 10.3 Å². The Bertz CT molecular complexity index is 787. The highest BCUT2D eigenvalue weighted by Crippen LogP contribution is 2.50. The molecule has 0 unspecified atom stereocenters. The Morgan fingerprint density at radius 2 is 2.44 bits per heavy atom. The van der Waals surface area contributed by atoms with Crippen LogP contribution in [0.15, 0.2) is 47.0 Å². The number of nitrogens with zero attached hydrogens (tertiary/aromatic N) is 3. The van der Waals surface area contributed by atoms with Gasteiger partial charge < -0.3 is 14.2 Å². The number of furan rings is 1. The average Bonchev–Trinajstić information content (AvgIpc) is 3.39. The van der Waals surface area contributed by atoms with Gasteiger partial charge in [0, 0.05) is 43.7 Å². The van der Waals surface area contributed by atoms with Gasteiger partial charge in [0.2, 0.25) is 5.91 Å². The molecule has 4 rings (SSSR count). The van der Waals surface area contributed by atoms with E-state index in [9.17, 15) is 9.59 Å².